The molecule has 3 aliphatic heterocycles. The van der Waals surface area contributed by atoms with Crippen molar-refractivity contribution in [3.8, 4) is 5.75 Å². The topological polar surface area (TPSA) is 36.9 Å². The van der Waals surface area contributed by atoms with Gasteiger partial charge in [-0.2, -0.15) is 0 Å². The van der Waals surface area contributed by atoms with Crippen molar-refractivity contribution >= 4 is 34.0 Å². The van der Waals surface area contributed by atoms with Gasteiger partial charge in [0.15, 0.2) is 0 Å². The predicted octanol–water partition coefficient (Wildman–Crippen LogP) is 8.79. The van der Waals surface area contributed by atoms with Gasteiger partial charge in [0.1, 0.15) is 11.4 Å². The molecule has 0 fully saturated rings. The highest BCUT2D eigenvalue weighted by molar-refractivity contribution is 6.02. The van der Waals surface area contributed by atoms with E-state index in [9.17, 15) is 0 Å². The number of aliphatic imine (C=N–C) groups is 1. The lowest BCUT2D eigenvalue weighted by Gasteiger charge is -2.47. The number of benzene rings is 5. The van der Waals surface area contributed by atoms with Gasteiger partial charge in [-0.25, -0.2) is 0 Å². The van der Waals surface area contributed by atoms with Gasteiger partial charge in [0.25, 0.3) is 0 Å². The Kier molecular flexibility index (Phi) is 5.52. The molecule has 3 heterocycles. The minimum absolute atomic E-state index is 0.241. The maximum atomic E-state index is 7.38. The number of hydrogen-bond donors (Lipinski definition) is 1. The fourth-order valence-corrected chi connectivity index (χ4v) is 7.52. The van der Waals surface area contributed by atoms with Crippen LogP contribution in [0.4, 0.5) is 17.1 Å². The Morgan fingerprint density at radius 2 is 1.57 bits per heavy atom. The van der Waals surface area contributed by atoms with Crippen molar-refractivity contribution in [3.63, 3.8) is 0 Å². The number of ether oxygens (including phenoxy) is 1. The molecule has 3 aliphatic rings. The normalized spacial score (nSPS) is 21.9. The number of anilines is 2. The Bertz CT molecular complexity index is 1860. The van der Waals surface area contributed by atoms with Crippen molar-refractivity contribution in [2.24, 2.45) is 4.99 Å². The van der Waals surface area contributed by atoms with Crippen LogP contribution in [0.1, 0.15) is 54.9 Å². The van der Waals surface area contributed by atoms with Gasteiger partial charge in [-0.1, -0.05) is 97.9 Å². The Balaban J connectivity index is 1.29. The Hall–Kier alpha value is -4.57. The monoisotopic (exact) mass is 549 g/mol. The SMILES string of the molecule is CC(CN1c2ccccc2C(C)(C)C12C=Nc1c(cc(C3CNc4ccccc43)c3ccccc13)O2)c1ccccc1. The number of hydrogen-bond acceptors (Lipinski definition) is 4. The smallest absolute Gasteiger partial charge is 0.228 e. The summed E-state index contributed by atoms with van der Waals surface area (Å²) in [6.45, 7) is 8.59. The maximum absolute atomic E-state index is 7.38. The van der Waals surface area contributed by atoms with Gasteiger partial charge < -0.3 is 15.0 Å². The third-order valence-electron chi connectivity index (χ3n) is 9.85. The third kappa shape index (κ3) is 3.51. The zero-order valence-electron chi connectivity index (χ0n) is 24.3. The quantitative estimate of drug-likeness (QED) is 0.243. The summed E-state index contributed by atoms with van der Waals surface area (Å²) >= 11 is 0. The summed E-state index contributed by atoms with van der Waals surface area (Å²) in [6, 6.07) is 39.2. The van der Waals surface area contributed by atoms with E-state index in [1.807, 2.05) is 0 Å². The van der Waals surface area contributed by atoms with Gasteiger partial charge in [-0.05, 0) is 65.6 Å². The molecule has 0 aliphatic carbocycles. The summed E-state index contributed by atoms with van der Waals surface area (Å²) < 4.78 is 7.38. The number of fused-ring (bicyclic) bond motifs is 5. The standard InChI is InChI=1S/C38H35N3O/c1-25(26-13-5-4-6-14-26)23-41-34-20-12-10-18-32(34)37(2,3)38(41)24-40-36-29-17-8-7-15-27(29)30(21-35(36)42-38)31-22-39-33-19-11-9-16-28(31)33/h4-21,24-25,31,39H,22-23H2,1-3H3. The van der Waals surface area contributed by atoms with Crippen molar-refractivity contribution in [1.29, 1.82) is 0 Å². The molecular formula is C38H35N3O. The molecule has 4 heteroatoms. The van der Waals surface area contributed by atoms with Crippen molar-refractivity contribution in [1.82, 2.24) is 0 Å². The first-order valence-corrected chi connectivity index (χ1v) is 15.0. The molecule has 0 saturated heterocycles. The van der Waals surface area contributed by atoms with E-state index in [1.54, 1.807) is 0 Å². The van der Waals surface area contributed by atoms with Crippen LogP contribution in [0.5, 0.6) is 5.75 Å². The van der Waals surface area contributed by atoms with Crippen molar-refractivity contribution in [2.75, 3.05) is 23.3 Å². The van der Waals surface area contributed by atoms with Crippen LogP contribution in [0.15, 0.2) is 114 Å². The molecule has 0 radical (unpaired) electrons. The van der Waals surface area contributed by atoms with Crippen LogP contribution in [0.25, 0.3) is 10.8 Å². The predicted molar refractivity (Wildman–Crippen MR) is 174 cm³/mol. The van der Waals surface area contributed by atoms with E-state index in [0.717, 1.165) is 29.9 Å². The second kappa shape index (κ2) is 9.22. The molecule has 42 heavy (non-hydrogen) atoms. The highest BCUT2D eigenvalue weighted by Gasteiger charge is 2.60. The third-order valence-corrected chi connectivity index (χ3v) is 9.85. The van der Waals surface area contributed by atoms with Crippen LogP contribution in [-0.2, 0) is 5.41 Å². The zero-order chi connectivity index (χ0) is 28.5. The fourth-order valence-electron chi connectivity index (χ4n) is 7.52. The zero-order valence-corrected chi connectivity index (χ0v) is 24.3. The summed E-state index contributed by atoms with van der Waals surface area (Å²) in [5, 5.41) is 6.01. The summed E-state index contributed by atoms with van der Waals surface area (Å²) in [5.41, 5.74) is 7.48. The van der Waals surface area contributed by atoms with E-state index in [0.29, 0.717) is 5.92 Å². The Labute approximate surface area is 247 Å². The van der Waals surface area contributed by atoms with E-state index in [-0.39, 0.29) is 11.3 Å². The first kappa shape index (κ1) is 25.2. The van der Waals surface area contributed by atoms with E-state index in [1.165, 1.54) is 39.0 Å². The maximum Gasteiger partial charge on any atom is 0.228 e. The largest absolute Gasteiger partial charge is 0.459 e. The van der Waals surface area contributed by atoms with Crippen LogP contribution in [0.2, 0.25) is 0 Å². The average molecular weight is 550 g/mol. The van der Waals surface area contributed by atoms with Crippen molar-refractivity contribution in [2.45, 2.75) is 43.7 Å². The van der Waals surface area contributed by atoms with Crippen LogP contribution >= 0.6 is 0 Å². The highest BCUT2D eigenvalue weighted by Crippen LogP contribution is 2.56. The van der Waals surface area contributed by atoms with E-state index in [2.05, 4.69) is 146 Å². The van der Waals surface area contributed by atoms with Gasteiger partial charge in [-0.15, -0.1) is 0 Å². The van der Waals surface area contributed by atoms with Crippen LogP contribution < -0.4 is 15.0 Å². The summed E-state index contributed by atoms with van der Waals surface area (Å²) in [6.07, 6.45) is 2.09. The van der Waals surface area contributed by atoms with Crippen molar-refractivity contribution < 1.29 is 4.74 Å². The minimum atomic E-state index is -0.766. The number of rotatable bonds is 4. The fraction of sp³-hybridized carbons (Fsp3) is 0.237. The Morgan fingerprint density at radius 3 is 2.43 bits per heavy atom. The molecule has 5 aromatic rings. The van der Waals surface area contributed by atoms with Crippen molar-refractivity contribution in [3.05, 3.63) is 131 Å². The van der Waals surface area contributed by atoms with E-state index in [4.69, 9.17) is 9.73 Å². The first-order chi connectivity index (χ1) is 20.5. The summed E-state index contributed by atoms with van der Waals surface area (Å²) in [5.74, 6) is 1.40. The van der Waals surface area contributed by atoms with Gasteiger partial charge in [0.05, 0.1) is 11.6 Å². The van der Waals surface area contributed by atoms with Crippen LogP contribution in [0.3, 0.4) is 0 Å². The molecule has 0 amide bonds. The second-order valence-electron chi connectivity index (χ2n) is 12.5. The molecule has 0 saturated carbocycles. The average Bonchev–Trinajstić information content (AvgIpc) is 3.53. The molecule has 0 aromatic heterocycles. The molecular weight excluding hydrogens is 514 g/mol. The summed E-state index contributed by atoms with van der Waals surface area (Å²) in [7, 11) is 0. The van der Waals surface area contributed by atoms with Gasteiger partial charge in [0.2, 0.25) is 5.72 Å². The molecule has 4 nitrogen and oxygen atoms in total. The molecule has 0 bridgehead atoms. The lowest BCUT2D eigenvalue weighted by molar-refractivity contribution is 0.0768. The van der Waals surface area contributed by atoms with Gasteiger partial charge in [0, 0.05) is 35.8 Å². The first-order valence-electron chi connectivity index (χ1n) is 15.0. The van der Waals surface area contributed by atoms with E-state index < -0.39 is 5.72 Å². The van der Waals surface area contributed by atoms with Crippen LogP contribution in [-0.4, -0.2) is 25.0 Å². The molecule has 1 N–H and O–H groups in total. The molecule has 1 spiro atoms. The minimum Gasteiger partial charge on any atom is -0.459 e. The Morgan fingerprint density at radius 1 is 0.857 bits per heavy atom. The molecule has 5 aromatic carbocycles. The van der Waals surface area contributed by atoms with Gasteiger partial charge in [-0.3, -0.25) is 4.99 Å². The van der Waals surface area contributed by atoms with E-state index >= 15 is 0 Å². The molecule has 3 unspecified atom stereocenters. The lowest BCUT2D eigenvalue weighted by atomic mass is 9.77. The van der Waals surface area contributed by atoms with Gasteiger partial charge >= 0.3 is 0 Å². The summed E-state index contributed by atoms with van der Waals surface area (Å²) in [4.78, 5) is 7.74. The highest BCUT2D eigenvalue weighted by atomic mass is 16.5. The number of para-hydroxylation sites is 2. The lowest BCUT2D eigenvalue weighted by Crippen LogP contribution is -2.62. The van der Waals surface area contributed by atoms with Crippen LogP contribution in [0, 0.1) is 0 Å². The number of nitrogens with one attached hydrogen (secondary N) is 1. The molecule has 8 rings (SSSR count). The molecule has 3 atom stereocenters. The molecule has 208 valence electrons. The number of nitrogens with zero attached hydrogens (tertiary/aromatic N) is 2. The second-order valence-corrected chi connectivity index (χ2v) is 12.5.